The molecule has 0 fully saturated rings. The molecule has 0 aliphatic carbocycles. The lowest BCUT2D eigenvalue weighted by atomic mass is 10.1. The number of nitrogens with two attached hydrogens (primary N) is 1. The smallest absolute Gasteiger partial charge is 0.0994 e. The Hall–Kier alpha value is -1.82. The van der Waals surface area contributed by atoms with Crippen LogP contribution in [-0.4, -0.2) is 25.0 Å². The van der Waals surface area contributed by atoms with Gasteiger partial charge in [-0.05, 0) is 6.42 Å². The quantitative estimate of drug-likeness (QED) is 0.828. The van der Waals surface area contributed by atoms with Crippen molar-refractivity contribution in [3.05, 3.63) is 36.2 Å². The second kappa shape index (κ2) is 5.49. The first kappa shape index (κ1) is 11.7. The van der Waals surface area contributed by atoms with Crippen molar-refractivity contribution in [1.82, 2.24) is 25.0 Å². The molecular formula is C11H16N6. The van der Waals surface area contributed by atoms with Gasteiger partial charge in [0.1, 0.15) is 0 Å². The van der Waals surface area contributed by atoms with Crippen molar-refractivity contribution in [3.8, 4) is 0 Å². The lowest BCUT2D eigenvalue weighted by Gasteiger charge is -2.04. The third kappa shape index (κ3) is 3.07. The van der Waals surface area contributed by atoms with E-state index in [0.29, 0.717) is 6.54 Å². The maximum Gasteiger partial charge on any atom is 0.0994 e. The average Bonchev–Trinajstić information content (AvgIpc) is 2.79. The first-order valence-electron chi connectivity index (χ1n) is 5.70. The maximum atomic E-state index is 5.97. The number of aromatic nitrogens is 5. The molecule has 2 heterocycles. The Labute approximate surface area is 99.9 Å². The lowest BCUT2D eigenvalue weighted by Crippen LogP contribution is -2.10. The topological polar surface area (TPSA) is 82.5 Å². The molecule has 2 aromatic rings. The van der Waals surface area contributed by atoms with Crippen molar-refractivity contribution >= 4 is 0 Å². The summed E-state index contributed by atoms with van der Waals surface area (Å²) in [6.45, 7) is 2.67. The molecule has 0 spiro atoms. The van der Waals surface area contributed by atoms with Gasteiger partial charge in [-0.3, -0.25) is 9.97 Å². The van der Waals surface area contributed by atoms with E-state index < -0.39 is 0 Å². The van der Waals surface area contributed by atoms with Crippen molar-refractivity contribution < 1.29 is 0 Å². The van der Waals surface area contributed by atoms with Gasteiger partial charge in [0.2, 0.25) is 0 Å². The standard InChI is InChI=1S/C11H16N6/c1-2-3-10(12)11-8-17(16-15-11)7-9-6-13-4-5-14-9/h4-6,8,10H,2-3,7,12H2,1H3. The van der Waals surface area contributed by atoms with Gasteiger partial charge >= 0.3 is 0 Å². The summed E-state index contributed by atoms with van der Waals surface area (Å²) in [5.41, 5.74) is 7.65. The van der Waals surface area contributed by atoms with Crippen LogP contribution in [0, 0.1) is 0 Å². The lowest BCUT2D eigenvalue weighted by molar-refractivity contribution is 0.616. The van der Waals surface area contributed by atoms with Crippen LogP contribution in [0.15, 0.2) is 24.8 Å². The molecule has 0 aromatic carbocycles. The first-order valence-corrected chi connectivity index (χ1v) is 5.70. The van der Waals surface area contributed by atoms with Crippen molar-refractivity contribution in [2.75, 3.05) is 0 Å². The molecule has 0 amide bonds. The molecule has 1 atom stereocenters. The summed E-state index contributed by atoms with van der Waals surface area (Å²) in [6.07, 6.45) is 8.85. The summed E-state index contributed by atoms with van der Waals surface area (Å²) < 4.78 is 1.73. The van der Waals surface area contributed by atoms with E-state index in [-0.39, 0.29) is 6.04 Å². The Morgan fingerprint density at radius 2 is 2.29 bits per heavy atom. The van der Waals surface area contributed by atoms with E-state index in [0.717, 1.165) is 24.2 Å². The zero-order valence-corrected chi connectivity index (χ0v) is 9.82. The van der Waals surface area contributed by atoms with Gasteiger partial charge < -0.3 is 5.73 Å². The molecule has 0 radical (unpaired) electrons. The minimum atomic E-state index is -0.0318. The van der Waals surface area contributed by atoms with Gasteiger partial charge in [-0.25, -0.2) is 4.68 Å². The molecule has 1 unspecified atom stereocenters. The number of hydrogen-bond acceptors (Lipinski definition) is 5. The SMILES string of the molecule is CCCC(N)c1cn(Cc2cnccn2)nn1. The van der Waals surface area contributed by atoms with Crippen molar-refractivity contribution in [2.45, 2.75) is 32.4 Å². The summed E-state index contributed by atoms with van der Waals surface area (Å²) in [7, 11) is 0. The fourth-order valence-corrected chi connectivity index (χ4v) is 1.60. The van der Waals surface area contributed by atoms with Crippen LogP contribution in [0.5, 0.6) is 0 Å². The minimum Gasteiger partial charge on any atom is -0.323 e. The van der Waals surface area contributed by atoms with Gasteiger partial charge in [-0.2, -0.15) is 0 Å². The Morgan fingerprint density at radius 3 is 3.00 bits per heavy atom. The van der Waals surface area contributed by atoms with Gasteiger partial charge in [0.15, 0.2) is 0 Å². The molecule has 0 aliphatic rings. The highest BCUT2D eigenvalue weighted by atomic mass is 15.4. The van der Waals surface area contributed by atoms with E-state index in [9.17, 15) is 0 Å². The monoisotopic (exact) mass is 232 g/mol. The van der Waals surface area contributed by atoms with E-state index in [2.05, 4.69) is 27.2 Å². The second-order valence-corrected chi connectivity index (χ2v) is 3.93. The minimum absolute atomic E-state index is 0.0318. The summed E-state index contributed by atoms with van der Waals surface area (Å²) in [4.78, 5) is 8.19. The molecule has 2 N–H and O–H groups in total. The second-order valence-electron chi connectivity index (χ2n) is 3.93. The Balaban J connectivity index is 2.04. The van der Waals surface area contributed by atoms with E-state index in [1.807, 2.05) is 6.20 Å². The molecule has 2 rings (SSSR count). The molecule has 90 valence electrons. The van der Waals surface area contributed by atoms with Crippen molar-refractivity contribution in [1.29, 1.82) is 0 Å². The van der Waals surface area contributed by atoms with Crippen LogP contribution in [0.2, 0.25) is 0 Å². The predicted molar refractivity (Wildman–Crippen MR) is 63.0 cm³/mol. The highest BCUT2D eigenvalue weighted by Gasteiger charge is 2.09. The van der Waals surface area contributed by atoms with E-state index in [4.69, 9.17) is 5.73 Å². The Morgan fingerprint density at radius 1 is 1.41 bits per heavy atom. The van der Waals surface area contributed by atoms with Crippen LogP contribution >= 0.6 is 0 Å². The molecule has 6 nitrogen and oxygen atoms in total. The van der Waals surface area contributed by atoms with Gasteiger partial charge in [-0.1, -0.05) is 18.6 Å². The number of nitrogens with zero attached hydrogens (tertiary/aromatic N) is 5. The van der Waals surface area contributed by atoms with Crippen molar-refractivity contribution in [3.63, 3.8) is 0 Å². The summed E-state index contributed by atoms with van der Waals surface area (Å²) in [6, 6.07) is -0.0318. The van der Waals surface area contributed by atoms with Crippen LogP contribution in [0.25, 0.3) is 0 Å². The molecule has 2 aromatic heterocycles. The molecule has 6 heteroatoms. The van der Waals surface area contributed by atoms with E-state index in [1.165, 1.54) is 0 Å². The zero-order valence-electron chi connectivity index (χ0n) is 9.82. The highest BCUT2D eigenvalue weighted by Crippen LogP contribution is 2.12. The fraction of sp³-hybridized carbons (Fsp3) is 0.455. The van der Waals surface area contributed by atoms with Crippen LogP contribution in [-0.2, 0) is 6.54 Å². The van der Waals surface area contributed by atoms with Crippen molar-refractivity contribution in [2.24, 2.45) is 5.73 Å². The Bertz CT molecular complexity index is 452. The first-order chi connectivity index (χ1) is 8.29. The Kier molecular flexibility index (Phi) is 3.77. The fourth-order valence-electron chi connectivity index (χ4n) is 1.60. The van der Waals surface area contributed by atoms with Crippen LogP contribution in [0.4, 0.5) is 0 Å². The van der Waals surface area contributed by atoms with Crippen LogP contribution in [0.3, 0.4) is 0 Å². The molecule has 0 bridgehead atoms. The summed E-state index contributed by atoms with van der Waals surface area (Å²) in [5, 5.41) is 8.10. The third-order valence-corrected chi connectivity index (χ3v) is 2.48. The molecule has 17 heavy (non-hydrogen) atoms. The molecule has 0 aliphatic heterocycles. The predicted octanol–water partition coefficient (Wildman–Crippen LogP) is 0.916. The van der Waals surface area contributed by atoms with Gasteiger partial charge in [0, 0.05) is 12.4 Å². The molecule has 0 saturated heterocycles. The average molecular weight is 232 g/mol. The third-order valence-electron chi connectivity index (χ3n) is 2.48. The summed E-state index contributed by atoms with van der Waals surface area (Å²) in [5.74, 6) is 0. The zero-order chi connectivity index (χ0) is 12.1. The number of rotatable bonds is 5. The van der Waals surface area contributed by atoms with Gasteiger partial charge in [0.25, 0.3) is 0 Å². The van der Waals surface area contributed by atoms with E-state index >= 15 is 0 Å². The normalized spacial score (nSPS) is 12.6. The largest absolute Gasteiger partial charge is 0.323 e. The van der Waals surface area contributed by atoms with Crippen LogP contribution < -0.4 is 5.73 Å². The summed E-state index contributed by atoms with van der Waals surface area (Å²) >= 11 is 0. The number of hydrogen-bond donors (Lipinski definition) is 1. The van der Waals surface area contributed by atoms with Crippen LogP contribution in [0.1, 0.15) is 37.2 Å². The maximum absolute atomic E-state index is 5.97. The van der Waals surface area contributed by atoms with E-state index in [1.54, 1.807) is 23.3 Å². The van der Waals surface area contributed by atoms with Gasteiger partial charge in [0.05, 0.1) is 36.4 Å². The highest BCUT2D eigenvalue weighted by molar-refractivity contribution is 5.02. The molecular weight excluding hydrogens is 216 g/mol. The molecule has 0 saturated carbocycles. The van der Waals surface area contributed by atoms with Gasteiger partial charge in [-0.15, -0.1) is 5.10 Å².